The molecule has 6 aliphatic heterocycles. The van der Waals surface area contributed by atoms with Gasteiger partial charge in [-0.3, -0.25) is 0 Å². The third-order valence-corrected chi connectivity index (χ3v) is 26.9. The van der Waals surface area contributed by atoms with E-state index in [1.165, 1.54) is 181 Å². The maximum atomic E-state index is 6.26. The van der Waals surface area contributed by atoms with Crippen molar-refractivity contribution in [1.29, 1.82) is 0 Å². The normalized spacial score (nSPS) is 20.9. The van der Waals surface area contributed by atoms with Crippen molar-refractivity contribution in [1.82, 2.24) is 44.8 Å². The third-order valence-electron chi connectivity index (χ3n) is 26.9. The van der Waals surface area contributed by atoms with Crippen molar-refractivity contribution in [2.75, 3.05) is 169 Å². The van der Waals surface area contributed by atoms with Crippen LogP contribution in [-0.4, -0.2) is 211 Å². The smallest absolute Gasteiger partial charge is 0.163 e. The number of furan rings is 3. The number of anilines is 3. The lowest BCUT2D eigenvalue weighted by atomic mass is 9.59. The minimum Gasteiger partial charge on any atom is -0.493 e. The molecule has 9 aromatic rings. The summed E-state index contributed by atoms with van der Waals surface area (Å²) in [5, 5.41) is 18.4. The van der Waals surface area contributed by atoms with Gasteiger partial charge in [0.15, 0.2) is 51.8 Å². The second-order valence-electron chi connectivity index (χ2n) is 34.9. The summed E-state index contributed by atoms with van der Waals surface area (Å²) in [6, 6.07) is 32.3. The van der Waals surface area contributed by atoms with Crippen molar-refractivity contribution in [3.05, 3.63) is 108 Å². The first-order chi connectivity index (χ1) is 55.7. The van der Waals surface area contributed by atoms with Gasteiger partial charge in [0.25, 0.3) is 0 Å². The molecule has 3 spiro atoms. The number of benzene rings is 3. The fourth-order valence-corrected chi connectivity index (χ4v) is 19.8. The highest BCUT2D eigenvalue weighted by Gasteiger charge is 2.49. The molecule has 3 aliphatic carbocycles. The molecule has 1 atom stereocenters. The zero-order chi connectivity index (χ0) is 78.2. The van der Waals surface area contributed by atoms with E-state index in [0.29, 0.717) is 54.2 Å². The largest absolute Gasteiger partial charge is 0.493 e. The molecular weight excluding hydrogens is 1430 g/mol. The Labute approximate surface area is 675 Å². The molecule has 9 aliphatic rings. The Morgan fingerprint density at radius 3 is 1.17 bits per heavy atom. The van der Waals surface area contributed by atoms with Gasteiger partial charge >= 0.3 is 0 Å². The topological polar surface area (TPSA) is 198 Å². The van der Waals surface area contributed by atoms with E-state index in [1.807, 2.05) is 68.4 Å². The molecule has 12 heterocycles. The molecule has 3 aromatic carbocycles. The van der Waals surface area contributed by atoms with Crippen LogP contribution in [0.15, 0.2) is 104 Å². The van der Waals surface area contributed by atoms with Gasteiger partial charge in [0.2, 0.25) is 0 Å². The average molecular weight is 1560 g/mol. The van der Waals surface area contributed by atoms with E-state index in [4.69, 9.17) is 56.6 Å². The van der Waals surface area contributed by atoms with E-state index in [-0.39, 0.29) is 0 Å². The second kappa shape index (κ2) is 36.1. The Kier molecular flexibility index (Phi) is 25.2. The van der Waals surface area contributed by atoms with E-state index in [2.05, 4.69) is 103 Å². The third kappa shape index (κ3) is 18.6. The van der Waals surface area contributed by atoms with Crippen molar-refractivity contribution < 1.29 is 41.7 Å². The fourth-order valence-electron chi connectivity index (χ4n) is 19.8. The number of ether oxygens (including phenoxy) is 6. The van der Waals surface area contributed by atoms with Crippen LogP contribution in [0, 0.1) is 30.1 Å². The average Bonchev–Trinajstić information content (AvgIpc) is 0.895. The molecule has 4 N–H and O–H groups in total. The number of nitrogens with zero attached hydrogens (tertiary/aromatic N) is 8. The maximum Gasteiger partial charge on any atom is 0.163 e. The summed E-state index contributed by atoms with van der Waals surface area (Å²) in [5.74, 6) is 9.65. The summed E-state index contributed by atoms with van der Waals surface area (Å²) in [7, 11) is 9.63. The number of likely N-dealkylation sites (tertiary alicyclic amines) is 5. The van der Waals surface area contributed by atoms with Gasteiger partial charge in [0, 0.05) is 95.6 Å². The zero-order valence-electron chi connectivity index (χ0n) is 69.4. The summed E-state index contributed by atoms with van der Waals surface area (Å²) in [4.78, 5) is 27.5. The van der Waals surface area contributed by atoms with E-state index in [9.17, 15) is 0 Å². The van der Waals surface area contributed by atoms with Crippen LogP contribution >= 0.6 is 0 Å². The van der Waals surface area contributed by atoms with Gasteiger partial charge in [-0.15, -0.1) is 0 Å². The Balaban J connectivity index is 0.000000129. The number of hydrogen-bond donors (Lipinski definition) is 4. The molecule has 6 saturated heterocycles. The van der Waals surface area contributed by atoms with Gasteiger partial charge in [-0.25, -0.2) is 15.0 Å². The lowest BCUT2D eigenvalue weighted by Crippen LogP contribution is -2.54. The van der Waals surface area contributed by atoms with Crippen LogP contribution in [0.1, 0.15) is 159 Å². The molecular formula is C93H126N12O9. The number of piperidine rings is 3. The molecule has 114 heavy (non-hydrogen) atoms. The van der Waals surface area contributed by atoms with Crippen LogP contribution in [0.25, 0.3) is 67.1 Å². The van der Waals surface area contributed by atoms with Crippen molar-refractivity contribution in [2.24, 2.45) is 16.2 Å². The molecule has 1 unspecified atom stereocenters. The van der Waals surface area contributed by atoms with Gasteiger partial charge < -0.3 is 87.4 Å². The van der Waals surface area contributed by atoms with Crippen LogP contribution in [0.5, 0.6) is 34.5 Å². The molecule has 0 radical (unpaired) electrons. The van der Waals surface area contributed by atoms with Crippen LogP contribution in [-0.2, 0) is 6.42 Å². The number of nitrogens with one attached hydrogen (secondary N) is 4. The quantitative estimate of drug-likeness (QED) is 0.0337. The summed E-state index contributed by atoms with van der Waals surface area (Å²) < 4.78 is 54.2. The molecule has 18 rings (SSSR count). The molecule has 0 amide bonds. The van der Waals surface area contributed by atoms with Gasteiger partial charge in [-0.1, -0.05) is 6.92 Å². The van der Waals surface area contributed by atoms with Gasteiger partial charge in [0.05, 0.1) is 57.7 Å². The van der Waals surface area contributed by atoms with Gasteiger partial charge in [-0.05, 0) is 330 Å². The Hall–Kier alpha value is -8.31. The van der Waals surface area contributed by atoms with Crippen LogP contribution in [0.2, 0.25) is 0 Å². The first-order valence-electron chi connectivity index (χ1n) is 43.4. The lowest BCUT2D eigenvalue weighted by Gasteiger charge is -2.54. The number of methoxy groups -OCH3 is 3. The van der Waals surface area contributed by atoms with Crippen LogP contribution in [0.3, 0.4) is 0 Å². The van der Waals surface area contributed by atoms with Crippen molar-refractivity contribution in [2.45, 2.75) is 180 Å². The maximum absolute atomic E-state index is 6.26. The molecule has 9 fully saturated rings. The van der Waals surface area contributed by atoms with E-state index < -0.39 is 0 Å². The first kappa shape index (κ1) is 79.5. The predicted octanol–water partition coefficient (Wildman–Crippen LogP) is 17.8. The highest BCUT2D eigenvalue weighted by molar-refractivity contribution is 5.98. The van der Waals surface area contributed by atoms with E-state index >= 15 is 0 Å². The number of fused-ring (bicyclic) bond motifs is 3. The minimum atomic E-state index is 0.395. The minimum absolute atomic E-state index is 0.395. The molecule has 21 nitrogen and oxygen atoms in total. The SMILES string of the molecule is CCc1ccc(-c2cc(NC3CC4(CCNCC4)C3)c3cc(OC)c(OCCCN4CCCC4)cc3n2)o1.COc1cc2c(NC3CC4(CCN(C)CC4)C3)cc(-c3ccc(C)o3)nc2cc1OCCCN1CCCC1.COc1cc2c(NC3CCC34CCN(C)CC4)cc(-c3ccc(C)o3)nc2cc1OCCCN1CCCC1. The van der Waals surface area contributed by atoms with Crippen molar-refractivity contribution in [3.8, 4) is 68.9 Å². The van der Waals surface area contributed by atoms with E-state index in [0.717, 1.165) is 194 Å². The van der Waals surface area contributed by atoms with Crippen molar-refractivity contribution in [3.63, 3.8) is 0 Å². The second-order valence-corrected chi connectivity index (χ2v) is 34.9. The summed E-state index contributed by atoms with van der Waals surface area (Å²) in [6.45, 7) is 25.7. The summed E-state index contributed by atoms with van der Waals surface area (Å²) in [5.41, 5.74) is 9.91. The number of aryl methyl sites for hydroxylation is 3. The molecule has 21 heteroatoms. The molecule has 0 bridgehead atoms. The zero-order valence-corrected chi connectivity index (χ0v) is 69.4. The summed E-state index contributed by atoms with van der Waals surface area (Å²) in [6.07, 6.45) is 26.9. The summed E-state index contributed by atoms with van der Waals surface area (Å²) >= 11 is 0. The fraction of sp³-hybridized carbons (Fsp3) is 0.581. The van der Waals surface area contributed by atoms with Crippen LogP contribution in [0.4, 0.5) is 17.1 Å². The van der Waals surface area contributed by atoms with Gasteiger partial charge in [-0.2, -0.15) is 0 Å². The van der Waals surface area contributed by atoms with E-state index in [1.54, 1.807) is 21.3 Å². The highest BCUT2D eigenvalue weighted by Crippen LogP contribution is 2.54. The number of pyridine rings is 3. The predicted molar refractivity (Wildman–Crippen MR) is 457 cm³/mol. The van der Waals surface area contributed by atoms with Crippen molar-refractivity contribution >= 4 is 49.8 Å². The molecule has 612 valence electrons. The number of rotatable bonds is 28. The standard InChI is InChI=1S/3C31H42N4O3/c1-22-7-8-28(38-22)27-18-25(32-23-20-31(21-23)9-14-34(2)15-10-31)24-17-29(36-3)30(19-26(24)33-27)37-16-6-13-35-11-4-5-12-35;1-22-7-8-27(38-22)26-20-24(33-30-9-10-31(30)11-16-34(2)17-12-31)23-19-28(36-3)29(21-25(23)32-26)37-18-6-15-35-13-4-5-14-35;1-3-23-7-8-28(38-23)27-18-25(33-22-20-31(21-22)9-11-32-12-10-31)24-17-29(36-2)30(19-26(24)34-27)37-16-6-15-35-13-4-5-14-35/h7-8,17-19,23H,4-6,9-16,20-21H2,1-3H3,(H,32,33);7-8,19-21,30H,4-6,9-18H2,1-3H3,(H,32,33);7-8,17-19,22,32H,3-6,9-16,20-21H2,1-2H3,(H,33,34). The first-order valence-corrected chi connectivity index (χ1v) is 43.4. The van der Waals surface area contributed by atoms with Gasteiger partial charge in [0.1, 0.15) is 34.4 Å². The lowest BCUT2D eigenvalue weighted by molar-refractivity contribution is 0.0275. The van der Waals surface area contributed by atoms with Crippen LogP contribution < -0.4 is 49.7 Å². The molecule has 6 aromatic heterocycles. The monoisotopic (exact) mass is 1550 g/mol. The Bertz CT molecular complexity index is 4670. The molecule has 3 saturated carbocycles. The number of aromatic nitrogens is 3. The Morgan fingerprint density at radius 2 is 0.807 bits per heavy atom. The highest BCUT2D eigenvalue weighted by atomic mass is 16.5. The number of hydrogen-bond acceptors (Lipinski definition) is 21. The Morgan fingerprint density at radius 1 is 0.430 bits per heavy atom.